The third-order valence-corrected chi connectivity index (χ3v) is 2.90. The zero-order chi connectivity index (χ0) is 12.5. The van der Waals surface area contributed by atoms with Crippen molar-refractivity contribution in [3.05, 3.63) is 66.0 Å². The van der Waals surface area contributed by atoms with Crippen molar-refractivity contribution in [2.24, 2.45) is 5.73 Å². The van der Waals surface area contributed by atoms with E-state index in [9.17, 15) is 4.39 Å². The quantitative estimate of drug-likeness (QED) is 0.747. The number of hydrogen-bond acceptors (Lipinski definition) is 3. The molecule has 0 amide bonds. The fourth-order valence-electron chi connectivity index (χ4n) is 1.97. The van der Waals surface area contributed by atoms with E-state index in [0.29, 0.717) is 5.56 Å². The second-order valence-electron chi connectivity index (χ2n) is 4.04. The first-order valence-corrected chi connectivity index (χ1v) is 5.54. The standard InChI is InChI=1S/C13H11FN4/c14-10-3-1-2-9(6-10)13(15)11-7-17-18-5-4-16-8-12(11)18/h1-8,13H,15H2. The van der Waals surface area contributed by atoms with Gasteiger partial charge >= 0.3 is 0 Å². The number of rotatable bonds is 2. The molecule has 90 valence electrons. The summed E-state index contributed by atoms with van der Waals surface area (Å²) in [6.45, 7) is 0. The molecule has 18 heavy (non-hydrogen) atoms. The Kier molecular flexibility index (Phi) is 2.53. The number of fused-ring (bicyclic) bond motifs is 1. The zero-order valence-electron chi connectivity index (χ0n) is 9.49. The SMILES string of the molecule is NC(c1cccc(F)c1)c1cnn2ccncc12. The van der Waals surface area contributed by atoms with Crippen LogP contribution in [0.15, 0.2) is 49.1 Å². The van der Waals surface area contributed by atoms with Crippen molar-refractivity contribution in [3.63, 3.8) is 0 Å². The van der Waals surface area contributed by atoms with Crippen LogP contribution in [-0.2, 0) is 0 Å². The van der Waals surface area contributed by atoms with Gasteiger partial charge in [-0.05, 0) is 17.7 Å². The predicted molar refractivity (Wildman–Crippen MR) is 65.4 cm³/mol. The van der Waals surface area contributed by atoms with Crippen LogP contribution in [0.1, 0.15) is 17.2 Å². The average Bonchev–Trinajstić information content (AvgIpc) is 2.82. The number of benzene rings is 1. The van der Waals surface area contributed by atoms with Crippen molar-refractivity contribution in [2.75, 3.05) is 0 Å². The van der Waals surface area contributed by atoms with E-state index in [0.717, 1.165) is 11.1 Å². The predicted octanol–water partition coefficient (Wildman–Crippen LogP) is 1.92. The Morgan fingerprint density at radius 3 is 3.00 bits per heavy atom. The van der Waals surface area contributed by atoms with E-state index < -0.39 is 6.04 Å². The lowest BCUT2D eigenvalue weighted by Gasteiger charge is -2.10. The average molecular weight is 242 g/mol. The molecule has 0 spiro atoms. The van der Waals surface area contributed by atoms with Crippen molar-refractivity contribution in [3.8, 4) is 0 Å². The third kappa shape index (κ3) is 1.74. The molecule has 0 aliphatic carbocycles. The Hall–Kier alpha value is -2.27. The molecule has 5 heteroatoms. The summed E-state index contributed by atoms with van der Waals surface area (Å²) in [5, 5.41) is 4.19. The van der Waals surface area contributed by atoms with Crippen LogP contribution in [0.2, 0.25) is 0 Å². The molecule has 0 saturated carbocycles. The van der Waals surface area contributed by atoms with Gasteiger partial charge in [0.2, 0.25) is 0 Å². The molecule has 2 aromatic heterocycles. The van der Waals surface area contributed by atoms with Crippen molar-refractivity contribution < 1.29 is 4.39 Å². The van der Waals surface area contributed by atoms with E-state index in [1.807, 2.05) is 0 Å². The number of halogens is 1. The maximum atomic E-state index is 13.2. The molecule has 0 radical (unpaired) electrons. The highest BCUT2D eigenvalue weighted by atomic mass is 19.1. The lowest BCUT2D eigenvalue weighted by Crippen LogP contribution is -2.11. The fourth-order valence-corrected chi connectivity index (χ4v) is 1.97. The largest absolute Gasteiger partial charge is 0.320 e. The Bertz CT molecular complexity index is 692. The number of nitrogens with two attached hydrogens (primary N) is 1. The van der Waals surface area contributed by atoms with Crippen LogP contribution in [0.5, 0.6) is 0 Å². The highest BCUT2D eigenvalue weighted by Gasteiger charge is 2.14. The van der Waals surface area contributed by atoms with Crippen LogP contribution in [0, 0.1) is 5.82 Å². The van der Waals surface area contributed by atoms with Crippen molar-refractivity contribution in [1.82, 2.24) is 14.6 Å². The van der Waals surface area contributed by atoms with E-state index in [1.54, 1.807) is 41.4 Å². The second-order valence-corrected chi connectivity index (χ2v) is 4.04. The number of nitrogens with zero attached hydrogens (tertiary/aromatic N) is 3. The van der Waals surface area contributed by atoms with E-state index in [1.165, 1.54) is 12.1 Å². The fraction of sp³-hybridized carbons (Fsp3) is 0.0769. The summed E-state index contributed by atoms with van der Waals surface area (Å²) in [6.07, 6.45) is 6.78. The third-order valence-electron chi connectivity index (χ3n) is 2.90. The molecule has 0 aliphatic rings. The van der Waals surface area contributed by atoms with Gasteiger partial charge in [-0.2, -0.15) is 5.10 Å². The molecule has 3 aromatic rings. The van der Waals surface area contributed by atoms with Crippen molar-refractivity contribution in [1.29, 1.82) is 0 Å². The summed E-state index contributed by atoms with van der Waals surface area (Å²) in [5.74, 6) is -0.294. The Morgan fingerprint density at radius 1 is 1.28 bits per heavy atom. The molecule has 1 aromatic carbocycles. The highest BCUT2D eigenvalue weighted by Crippen LogP contribution is 2.23. The van der Waals surface area contributed by atoms with Crippen LogP contribution in [0.25, 0.3) is 5.52 Å². The second kappa shape index (κ2) is 4.19. The lowest BCUT2D eigenvalue weighted by atomic mass is 10.0. The number of hydrogen-bond donors (Lipinski definition) is 1. The minimum atomic E-state index is -0.414. The monoisotopic (exact) mass is 242 g/mol. The van der Waals surface area contributed by atoms with Crippen LogP contribution in [0.3, 0.4) is 0 Å². The molecule has 1 unspecified atom stereocenters. The summed E-state index contributed by atoms with van der Waals surface area (Å²) >= 11 is 0. The molecule has 3 rings (SSSR count). The van der Waals surface area contributed by atoms with Gasteiger partial charge in [-0.3, -0.25) is 4.98 Å². The van der Waals surface area contributed by atoms with Gasteiger partial charge < -0.3 is 5.73 Å². The molecule has 4 nitrogen and oxygen atoms in total. The molecule has 0 aliphatic heterocycles. The van der Waals surface area contributed by atoms with Crippen LogP contribution in [0.4, 0.5) is 4.39 Å². The van der Waals surface area contributed by atoms with Crippen LogP contribution in [-0.4, -0.2) is 14.6 Å². The Labute approximate surface area is 103 Å². The summed E-state index contributed by atoms with van der Waals surface area (Å²) in [6, 6.07) is 5.86. The Balaban J connectivity index is 2.09. The van der Waals surface area contributed by atoms with Gasteiger partial charge in [-0.15, -0.1) is 0 Å². The van der Waals surface area contributed by atoms with Gasteiger partial charge in [0, 0.05) is 18.0 Å². The molecule has 2 heterocycles. The smallest absolute Gasteiger partial charge is 0.123 e. The first-order valence-electron chi connectivity index (χ1n) is 5.54. The lowest BCUT2D eigenvalue weighted by molar-refractivity contribution is 0.623. The van der Waals surface area contributed by atoms with Crippen LogP contribution < -0.4 is 5.73 Å². The Morgan fingerprint density at radius 2 is 2.17 bits per heavy atom. The van der Waals surface area contributed by atoms with Gasteiger partial charge in [0.05, 0.1) is 24.0 Å². The highest BCUT2D eigenvalue weighted by molar-refractivity contribution is 5.55. The van der Waals surface area contributed by atoms with Crippen molar-refractivity contribution >= 4 is 5.52 Å². The minimum absolute atomic E-state index is 0.294. The van der Waals surface area contributed by atoms with Gasteiger partial charge in [0.15, 0.2) is 0 Å². The van der Waals surface area contributed by atoms with E-state index in [2.05, 4.69) is 10.1 Å². The molecular weight excluding hydrogens is 231 g/mol. The molecular formula is C13H11FN4. The van der Waals surface area contributed by atoms with Gasteiger partial charge in [0.25, 0.3) is 0 Å². The van der Waals surface area contributed by atoms with Gasteiger partial charge in [-0.25, -0.2) is 8.91 Å². The van der Waals surface area contributed by atoms with E-state index in [-0.39, 0.29) is 5.82 Å². The maximum absolute atomic E-state index is 13.2. The van der Waals surface area contributed by atoms with Crippen molar-refractivity contribution in [2.45, 2.75) is 6.04 Å². The normalized spacial score (nSPS) is 12.8. The molecule has 0 saturated heterocycles. The van der Waals surface area contributed by atoms with Crippen LogP contribution >= 0.6 is 0 Å². The number of aromatic nitrogens is 3. The summed E-state index contributed by atoms with van der Waals surface area (Å²) in [4.78, 5) is 4.05. The summed E-state index contributed by atoms with van der Waals surface area (Å²) in [7, 11) is 0. The van der Waals surface area contributed by atoms with E-state index in [4.69, 9.17) is 5.73 Å². The molecule has 0 fully saturated rings. The summed E-state index contributed by atoms with van der Waals surface area (Å²) < 4.78 is 14.9. The summed E-state index contributed by atoms with van der Waals surface area (Å²) in [5.41, 5.74) is 8.52. The van der Waals surface area contributed by atoms with Gasteiger partial charge in [-0.1, -0.05) is 12.1 Å². The molecule has 1 atom stereocenters. The zero-order valence-corrected chi connectivity index (χ0v) is 9.49. The molecule has 2 N–H and O–H groups in total. The van der Waals surface area contributed by atoms with E-state index >= 15 is 0 Å². The topological polar surface area (TPSA) is 56.2 Å². The maximum Gasteiger partial charge on any atom is 0.123 e. The first kappa shape index (κ1) is 10.9. The first-order chi connectivity index (χ1) is 8.75. The molecule has 0 bridgehead atoms. The van der Waals surface area contributed by atoms with Gasteiger partial charge in [0.1, 0.15) is 5.82 Å². The minimum Gasteiger partial charge on any atom is -0.320 e.